The number of aromatic hydroxyl groups is 1. The number of para-hydroxylation sites is 1. The van der Waals surface area contributed by atoms with Gasteiger partial charge < -0.3 is 9.84 Å². The van der Waals surface area contributed by atoms with Crippen LogP contribution in [0.15, 0.2) is 83.1 Å². The smallest absolute Gasteiger partial charge is 0.250 e. The second kappa shape index (κ2) is 10.9. The summed E-state index contributed by atoms with van der Waals surface area (Å²) in [4.78, 5) is 12.5. The van der Waals surface area contributed by atoms with E-state index in [0.29, 0.717) is 22.3 Å². The lowest BCUT2D eigenvalue weighted by Crippen LogP contribution is -2.21. The minimum Gasteiger partial charge on any atom is -0.507 e. The molecule has 9 heteroatoms. The number of aryl methyl sites for hydroxylation is 1. The van der Waals surface area contributed by atoms with Crippen molar-refractivity contribution >= 4 is 23.4 Å². The van der Waals surface area contributed by atoms with Crippen LogP contribution in [0.5, 0.6) is 11.5 Å². The number of phenolic OH excluding ortho intramolecular Hbond substituents is 1. The number of hydrogen-bond acceptors (Lipinski definition) is 7. The second-order valence-electron chi connectivity index (χ2n) is 7.74. The summed E-state index contributed by atoms with van der Waals surface area (Å²) in [5.41, 5.74) is 6.52. The molecular weight excluding hydrogens is 462 g/mol. The van der Waals surface area contributed by atoms with Gasteiger partial charge in [0.1, 0.15) is 11.5 Å². The van der Waals surface area contributed by atoms with E-state index in [1.807, 2.05) is 60.0 Å². The maximum absolute atomic E-state index is 12.5. The van der Waals surface area contributed by atoms with Crippen LogP contribution < -0.4 is 10.2 Å². The molecule has 0 radical (unpaired) electrons. The molecular formula is C26H25N5O3S. The van der Waals surface area contributed by atoms with E-state index in [0.717, 1.165) is 22.6 Å². The van der Waals surface area contributed by atoms with Crippen molar-refractivity contribution in [3.8, 4) is 28.6 Å². The number of methoxy groups -OCH3 is 1. The van der Waals surface area contributed by atoms with Crippen LogP contribution in [0.25, 0.3) is 17.1 Å². The summed E-state index contributed by atoms with van der Waals surface area (Å²) in [5.74, 6) is 1.30. The third kappa shape index (κ3) is 5.70. The van der Waals surface area contributed by atoms with Crippen LogP contribution in [0.4, 0.5) is 0 Å². The molecule has 0 saturated heterocycles. The quantitative estimate of drug-likeness (QED) is 0.214. The van der Waals surface area contributed by atoms with Gasteiger partial charge in [0.15, 0.2) is 11.0 Å². The highest BCUT2D eigenvalue weighted by atomic mass is 32.2. The van der Waals surface area contributed by atoms with Gasteiger partial charge in [-0.15, -0.1) is 10.2 Å². The van der Waals surface area contributed by atoms with Gasteiger partial charge in [0.05, 0.1) is 18.6 Å². The van der Waals surface area contributed by atoms with Crippen molar-refractivity contribution in [2.75, 3.05) is 12.9 Å². The fraction of sp³-hybridized carbons (Fsp3) is 0.154. The predicted molar refractivity (Wildman–Crippen MR) is 137 cm³/mol. The number of amides is 1. The monoisotopic (exact) mass is 487 g/mol. The van der Waals surface area contributed by atoms with E-state index in [9.17, 15) is 9.90 Å². The normalized spacial score (nSPS) is 11.3. The van der Waals surface area contributed by atoms with Gasteiger partial charge in [0.2, 0.25) is 0 Å². The predicted octanol–water partition coefficient (Wildman–Crippen LogP) is 4.59. The Morgan fingerprint density at radius 2 is 1.77 bits per heavy atom. The van der Waals surface area contributed by atoms with E-state index in [2.05, 4.69) is 20.7 Å². The fourth-order valence-corrected chi connectivity index (χ4v) is 4.11. The highest BCUT2D eigenvalue weighted by Gasteiger charge is 2.17. The third-order valence-corrected chi connectivity index (χ3v) is 6.18. The number of benzene rings is 3. The second-order valence-corrected chi connectivity index (χ2v) is 8.69. The number of aromatic nitrogens is 3. The molecule has 0 unspecified atom stereocenters. The van der Waals surface area contributed by atoms with Gasteiger partial charge in [0, 0.05) is 16.8 Å². The molecule has 1 aromatic heterocycles. The zero-order valence-electron chi connectivity index (χ0n) is 19.6. The molecule has 35 heavy (non-hydrogen) atoms. The van der Waals surface area contributed by atoms with Crippen molar-refractivity contribution < 1.29 is 14.6 Å². The van der Waals surface area contributed by atoms with Crippen LogP contribution in [0.3, 0.4) is 0 Å². The van der Waals surface area contributed by atoms with Crippen LogP contribution in [0.1, 0.15) is 18.1 Å². The van der Waals surface area contributed by atoms with Gasteiger partial charge in [-0.05, 0) is 50.2 Å². The molecule has 0 aliphatic heterocycles. The number of ether oxygens (including phenoxy) is 1. The molecule has 0 saturated carbocycles. The standard InChI is InChI=1S/C26H25N5O3S/c1-17-8-10-19(11-9-17)25-29-30-26(31(25)20-12-14-21(34-3)15-13-20)35-16-24(33)28-27-18(2)22-6-4-5-7-23(22)32/h4-15,32H,16H2,1-3H3,(H,28,33). The van der Waals surface area contributed by atoms with Crippen molar-refractivity contribution in [2.45, 2.75) is 19.0 Å². The number of carbonyl (C=O) groups excluding carboxylic acids is 1. The average molecular weight is 488 g/mol. The van der Waals surface area contributed by atoms with Crippen LogP contribution in [0.2, 0.25) is 0 Å². The lowest BCUT2D eigenvalue weighted by atomic mass is 10.1. The first-order valence-electron chi connectivity index (χ1n) is 10.9. The molecule has 3 aromatic carbocycles. The number of thioether (sulfide) groups is 1. The van der Waals surface area contributed by atoms with Crippen LogP contribution in [-0.2, 0) is 4.79 Å². The maximum Gasteiger partial charge on any atom is 0.250 e. The van der Waals surface area contributed by atoms with E-state index in [-0.39, 0.29) is 17.4 Å². The molecule has 178 valence electrons. The Labute approximate surface area is 207 Å². The molecule has 2 N–H and O–H groups in total. The third-order valence-electron chi connectivity index (χ3n) is 5.25. The number of phenols is 1. The first kappa shape index (κ1) is 24.0. The van der Waals surface area contributed by atoms with Gasteiger partial charge in [-0.25, -0.2) is 5.43 Å². The molecule has 4 aromatic rings. The number of carbonyl (C=O) groups is 1. The fourth-order valence-electron chi connectivity index (χ4n) is 3.37. The zero-order chi connectivity index (χ0) is 24.8. The van der Waals surface area contributed by atoms with Crippen molar-refractivity contribution in [3.63, 3.8) is 0 Å². The van der Waals surface area contributed by atoms with Crippen molar-refractivity contribution in [3.05, 3.63) is 83.9 Å². The molecule has 0 aliphatic rings. The Morgan fingerprint density at radius 1 is 1.06 bits per heavy atom. The number of rotatable bonds is 8. The van der Waals surface area contributed by atoms with Crippen LogP contribution >= 0.6 is 11.8 Å². The van der Waals surface area contributed by atoms with Crippen LogP contribution in [-0.4, -0.2) is 44.4 Å². The number of nitrogens with zero attached hydrogens (tertiary/aromatic N) is 4. The Hall–Kier alpha value is -4.11. The summed E-state index contributed by atoms with van der Waals surface area (Å²) in [6, 6.07) is 22.4. The Morgan fingerprint density at radius 3 is 2.46 bits per heavy atom. The molecule has 0 fully saturated rings. The van der Waals surface area contributed by atoms with Gasteiger partial charge in [-0.1, -0.05) is 53.7 Å². The number of hydrogen-bond donors (Lipinski definition) is 2. The van der Waals surface area contributed by atoms with E-state index < -0.39 is 0 Å². The molecule has 0 bridgehead atoms. The van der Waals surface area contributed by atoms with E-state index in [4.69, 9.17) is 4.74 Å². The first-order chi connectivity index (χ1) is 17.0. The molecule has 8 nitrogen and oxygen atoms in total. The summed E-state index contributed by atoms with van der Waals surface area (Å²) < 4.78 is 7.20. The van der Waals surface area contributed by atoms with E-state index in [1.54, 1.807) is 38.3 Å². The van der Waals surface area contributed by atoms with Crippen molar-refractivity contribution in [1.82, 2.24) is 20.2 Å². The van der Waals surface area contributed by atoms with Crippen molar-refractivity contribution in [2.24, 2.45) is 5.10 Å². The topological polar surface area (TPSA) is 102 Å². The Bertz CT molecular complexity index is 1350. The van der Waals surface area contributed by atoms with Gasteiger partial charge >= 0.3 is 0 Å². The largest absolute Gasteiger partial charge is 0.507 e. The highest BCUT2D eigenvalue weighted by Crippen LogP contribution is 2.29. The molecule has 1 heterocycles. The SMILES string of the molecule is COc1ccc(-n2c(SCC(=O)NN=C(C)c3ccccc3O)nnc2-c2ccc(C)cc2)cc1. The van der Waals surface area contributed by atoms with Gasteiger partial charge in [0.25, 0.3) is 5.91 Å². The lowest BCUT2D eigenvalue weighted by molar-refractivity contribution is -0.118. The zero-order valence-corrected chi connectivity index (χ0v) is 20.4. The summed E-state index contributed by atoms with van der Waals surface area (Å²) >= 11 is 1.26. The van der Waals surface area contributed by atoms with E-state index in [1.165, 1.54) is 11.8 Å². The summed E-state index contributed by atoms with van der Waals surface area (Å²) in [6.45, 7) is 3.75. The lowest BCUT2D eigenvalue weighted by Gasteiger charge is -2.11. The summed E-state index contributed by atoms with van der Waals surface area (Å²) in [7, 11) is 1.62. The maximum atomic E-state index is 12.5. The highest BCUT2D eigenvalue weighted by molar-refractivity contribution is 7.99. The van der Waals surface area contributed by atoms with Gasteiger partial charge in [-0.3, -0.25) is 9.36 Å². The van der Waals surface area contributed by atoms with E-state index >= 15 is 0 Å². The van der Waals surface area contributed by atoms with Crippen LogP contribution in [0, 0.1) is 6.92 Å². The minimum atomic E-state index is -0.300. The van der Waals surface area contributed by atoms with Crippen molar-refractivity contribution in [1.29, 1.82) is 0 Å². The number of nitrogens with one attached hydrogen (secondary N) is 1. The molecule has 4 rings (SSSR count). The molecule has 0 aliphatic carbocycles. The summed E-state index contributed by atoms with van der Waals surface area (Å²) in [6.07, 6.45) is 0. The average Bonchev–Trinajstić information content (AvgIpc) is 3.30. The first-order valence-corrected chi connectivity index (χ1v) is 11.9. The minimum absolute atomic E-state index is 0.0831. The molecule has 0 spiro atoms. The Balaban J connectivity index is 1.55. The number of hydrazone groups is 1. The van der Waals surface area contributed by atoms with Gasteiger partial charge in [-0.2, -0.15) is 5.10 Å². The molecule has 1 amide bonds. The Kier molecular flexibility index (Phi) is 7.47. The summed E-state index contributed by atoms with van der Waals surface area (Å²) in [5, 5.41) is 23.4. The molecule has 0 atom stereocenters.